The van der Waals surface area contributed by atoms with Crippen molar-refractivity contribution in [1.82, 2.24) is 4.90 Å². The number of ether oxygens (including phenoxy) is 2. The van der Waals surface area contributed by atoms with E-state index in [0.29, 0.717) is 19.5 Å². The highest BCUT2D eigenvalue weighted by Crippen LogP contribution is 2.18. The molecule has 4 nitrogen and oxygen atoms in total. The van der Waals surface area contributed by atoms with Crippen LogP contribution in [0.4, 0.5) is 0 Å². The summed E-state index contributed by atoms with van der Waals surface area (Å²) in [6.45, 7) is 3.29. The van der Waals surface area contributed by atoms with Crippen LogP contribution in [0.3, 0.4) is 0 Å². The Hall–Kier alpha value is -2.49. The summed E-state index contributed by atoms with van der Waals surface area (Å²) in [5.74, 6) is 1.83. The highest BCUT2D eigenvalue weighted by molar-refractivity contribution is 5.76. The van der Waals surface area contributed by atoms with E-state index in [4.69, 9.17) is 9.47 Å². The zero-order valence-electron chi connectivity index (χ0n) is 15.3. The van der Waals surface area contributed by atoms with Crippen LogP contribution in [0.1, 0.15) is 37.3 Å². The van der Waals surface area contributed by atoms with Gasteiger partial charge >= 0.3 is 0 Å². The molecule has 4 heteroatoms. The van der Waals surface area contributed by atoms with Gasteiger partial charge in [0.05, 0.1) is 14.2 Å². The Morgan fingerprint density at radius 2 is 1.28 bits per heavy atom. The van der Waals surface area contributed by atoms with E-state index in [1.165, 1.54) is 0 Å². The van der Waals surface area contributed by atoms with E-state index in [0.717, 1.165) is 35.5 Å². The van der Waals surface area contributed by atoms with Crippen molar-refractivity contribution in [3.63, 3.8) is 0 Å². The van der Waals surface area contributed by atoms with Crippen LogP contribution < -0.4 is 9.47 Å². The van der Waals surface area contributed by atoms with Gasteiger partial charge < -0.3 is 14.4 Å². The molecular formula is C21H27NO3. The maximum atomic E-state index is 12.6. The van der Waals surface area contributed by atoms with E-state index in [9.17, 15) is 4.79 Å². The molecule has 0 aliphatic heterocycles. The Kier molecular flexibility index (Phi) is 7.33. The van der Waals surface area contributed by atoms with Crippen molar-refractivity contribution >= 4 is 5.91 Å². The lowest BCUT2D eigenvalue weighted by Gasteiger charge is -2.23. The first-order valence-electron chi connectivity index (χ1n) is 8.70. The Bertz CT molecular complexity index is 600. The first-order valence-corrected chi connectivity index (χ1v) is 8.70. The number of carbonyl (C=O) groups excluding carboxylic acids is 1. The summed E-state index contributed by atoms with van der Waals surface area (Å²) in [4.78, 5) is 14.5. The van der Waals surface area contributed by atoms with Gasteiger partial charge in [0.15, 0.2) is 0 Å². The van der Waals surface area contributed by atoms with Crippen LogP contribution in [0.5, 0.6) is 11.5 Å². The summed E-state index contributed by atoms with van der Waals surface area (Å²) in [5, 5.41) is 0. The second-order valence-corrected chi connectivity index (χ2v) is 6.05. The molecule has 25 heavy (non-hydrogen) atoms. The van der Waals surface area contributed by atoms with Crippen LogP contribution in [-0.2, 0) is 17.9 Å². The molecule has 0 aliphatic rings. The number of methoxy groups -OCH3 is 2. The standard InChI is InChI=1S/C21H27NO3/c1-4-5-6-21(23)22(15-17-7-11-19(24-2)12-8-17)16-18-9-13-20(25-3)14-10-18/h7-14H,4-6,15-16H2,1-3H3. The second kappa shape index (κ2) is 9.72. The number of rotatable bonds is 9. The summed E-state index contributed by atoms with van der Waals surface area (Å²) in [5.41, 5.74) is 2.19. The third-order valence-corrected chi connectivity index (χ3v) is 4.16. The number of hydrogen-bond donors (Lipinski definition) is 0. The minimum Gasteiger partial charge on any atom is -0.497 e. The van der Waals surface area contributed by atoms with E-state index in [1.807, 2.05) is 53.4 Å². The topological polar surface area (TPSA) is 38.8 Å². The van der Waals surface area contributed by atoms with Crippen molar-refractivity contribution in [2.45, 2.75) is 39.3 Å². The molecule has 0 N–H and O–H groups in total. The summed E-state index contributed by atoms with van der Waals surface area (Å²) >= 11 is 0. The summed E-state index contributed by atoms with van der Waals surface area (Å²) in [6.07, 6.45) is 2.52. The molecule has 0 aliphatic carbocycles. The van der Waals surface area contributed by atoms with Gasteiger partial charge in [-0.05, 0) is 41.8 Å². The molecule has 0 aromatic heterocycles. The highest BCUT2D eigenvalue weighted by atomic mass is 16.5. The van der Waals surface area contributed by atoms with Crippen molar-refractivity contribution in [1.29, 1.82) is 0 Å². The minimum atomic E-state index is 0.188. The Morgan fingerprint density at radius 1 is 0.840 bits per heavy atom. The fourth-order valence-electron chi connectivity index (χ4n) is 2.62. The van der Waals surface area contributed by atoms with Crippen molar-refractivity contribution in [3.05, 3.63) is 59.7 Å². The van der Waals surface area contributed by atoms with E-state index in [1.54, 1.807) is 14.2 Å². The fourth-order valence-corrected chi connectivity index (χ4v) is 2.62. The molecule has 1 amide bonds. The number of unbranched alkanes of at least 4 members (excludes halogenated alkanes) is 1. The third-order valence-electron chi connectivity index (χ3n) is 4.16. The minimum absolute atomic E-state index is 0.188. The molecule has 2 aromatic carbocycles. The lowest BCUT2D eigenvalue weighted by Crippen LogP contribution is -2.29. The lowest BCUT2D eigenvalue weighted by molar-refractivity contribution is -0.132. The van der Waals surface area contributed by atoms with Crippen molar-refractivity contribution in [2.24, 2.45) is 0 Å². The third kappa shape index (κ3) is 5.82. The van der Waals surface area contributed by atoms with Gasteiger partial charge in [-0.25, -0.2) is 0 Å². The van der Waals surface area contributed by atoms with Gasteiger partial charge in [0.25, 0.3) is 0 Å². The monoisotopic (exact) mass is 341 g/mol. The van der Waals surface area contributed by atoms with Crippen molar-refractivity contribution in [3.8, 4) is 11.5 Å². The maximum absolute atomic E-state index is 12.6. The van der Waals surface area contributed by atoms with Crippen molar-refractivity contribution in [2.75, 3.05) is 14.2 Å². The van der Waals surface area contributed by atoms with E-state index < -0.39 is 0 Å². The number of amides is 1. The average Bonchev–Trinajstić information content (AvgIpc) is 2.66. The molecule has 0 bridgehead atoms. The van der Waals surface area contributed by atoms with Crippen LogP contribution in [-0.4, -0.2) is 25.0 Å². The molecule has 0 radical (unpaired) electrons. The van der Waals surface area contributed by atoms with Gasteiger partial charge in [-0.3, -0.25) is 4.79 Å². The smallest absolute Gasteiger partial charge is 0.223 e. The van der Waals surface area contributed by atoms with Crippen LogP contribution in [0, 0.1) is 0 Å². The highest BCUT2D eigenvalue weighted by Gasteiger charge is 2.14. The molecule has 0 atom stereocenters. The average molecular weight is 341 g/mol. The number of benzene rings is 2. The molecule has 0 saturated heterocycles. The largest absolute Gasteiger partial charge is 0.497 e. The van der Waals surface area contributed by atoms with Gasteiger partial charge in [0.1, 0.15) is 11.5 Å². The molecule has 2 rings (SSSR count). The summed E-state index contributed by atoms with van der Waals surface area (Å²) in [6, 6.07) is 15.7. The van der Waals surface area contributed by atoms with E-state index in [2.05, 4.69) is 6.92 Å². The molecule has 0 unspecified atom stereocenters. The molecular weight excluding hydrogens is 314 g/mol. The zero-order chi connectivity index (χ0) is 18.1. The van der Waals surface area contributed by atoms with Crippen molar-refractivity contribution < 1.29 is 14.3 Å². The lowest BCUT2D eigenvalue weighted by atomic mass is 10.1. The molecule has 0 fully saturated rings. The predicted octanol–water partition coefficient (Wildman–Crippen LogP) is 4.42. The number of carbonyl (C=O) groups is 1. The maximum Gasteiger partial charge on any atom is 0.223 e. The quantitative estimate of drug-likeness (QED) is 0.677. The molecule has 0 spiro atoms. The van der Waals surface area contributed by atoms with Crippen LogP contribution in [0.25, 0.3) is 0 Å². The fraction of sp³-hybridized carbons (Fsp3) is 0.381. The van der Waals surface area contributed by atoms with Crippen LogP contribution in [0.15, 0.2) is 48.5 Å². The first kappa shape index (κ1) is 18.8. The van der Waals surface area contributed by atoms with E-state index in [-0.39, 0.29) is 5.91 Å². The van der Waals surface area contributed by atoms with Gasteiger partial charge in [-0.2, -0.15) is 0 Å². The molecule has 2 aromatic rings. The molecule has 0 heterocycles. The summed E-state index contributed by atoms with van der Waals surface area (Å²) in [7, 11) is 3.30. The first-order chi connectivity index (χ1) is 12.2. The van der Waals surface area contributed by atoms with Gasteiger partial charge in [-0.15, -0.1) is 0 Å². The Balaban J connectivity index is 2.11. The van der Waals surface area contributed by atoms with Gasteiger partial charge in [-0.1, -0.05) is 37.6 Å². The Morgan fingerprint density at radius 3 is 1.64 bits per heavy atom. The normalized spacial score (nSPS) is 10.4. The van der Waals surface area contributed by atoms with Crippen LogP contribution >= 0.6 is 0 Å². The second-order valence-electron chi connectivity index (χ2n) is 6.05. The van der Waals surface area contributed by atoms with E-state index >= 15 is 0 Å². The molecule has 0 saturated carbocycles. The zero-order valence-corrected chi connectivity index (χ0v) is 15.3. The van der Waals surface area contributed by atoms with Crippen LogP contribution in [0.2, 0.25) is 0 Å². The van der Waals surface area contributed by atoms with Gasteiger partial charge in [0, 0.05) is 19.5 Å². The predicted molar refractivity (Wildman–Crippen MR) is 99.8 cm³/mol. The summed E-state index contributed by atoms with van der Waals surface area (Å²) < 4.78 is 10.4. The van der Waals surface area contributed by atoms with Gasteiger partial charge in [0.2, 0.25) is 5.91 Å². The number of nitrogens with zero attached hydrogens (tertiary/aromatic N) is 1. The Labute approximate surface area is 150 Å². The SMILES string of the molecule is CCCCC(=O)N(Cc1ccc(OC)cc1)Cc1ccc(OC)cc1. The molecule has 134 valence electrons. The number of hydrogen-bond acceptors (Lipinski definition) is 3.